The molecule has 88 heavy (non-hydrogen) atoms. The van der Waals surface area contributed by atoms with E-state index in [1.165, 1.54) is 109 Å². The zero-order valence-corrected chi connectivity index (χ0v) is 55.7. The van der Waals surface area contributed by atoms with Crippen molar-refractivity contribution in [2.75, 3.05) is 24.2 Å². The van der Waals surface area contributed by atoms with Crippen molar-refractivity contribution in [1.29, 1.82) is 0 Å². The van der Waals surface area contributed by atoms with Crippen molar-refractivity contribution in [2.45, 2.75) is 269 Å². The second kappa shape index (κ2) is 29.5. The van der Waals surface area contributed by atoms with Crippen LogP contribution >= 0.6 is 26.6 Å². The number of nitrogens with zero attached hydrogens (tertiary/aromatic N) is 8. The second-order valence-electron chi connectivity index (χ2n) is 27.7. The van der Waals surface area contributed by atoms with E-state index in [0.717, 1.165) is 64.2 Å². The number of esters is 3. The molecule has 0 saturated heterocycles. The fourth-order valence-electron chi connectivity index (χ4n) is 14.0. The van der Waals surface area contributed by atoms with Gasteiger partial charge in [-0.1, -0.05) is 38.5 Å². The number of carbonyl (C=O) groups is 3. The van der Waals surface area contributed by atoms with Crippen LogP contribution in [0.2, 0.25) is 0 Å². The first-order chi connectivity index (χ1) is 40.9. The minimum Gasteiger partial charge on any atom is -0.461 e. The van der Waals surface area contributed by atoms with Gasteiger partial charge in [-0.15, -0.1) is 11.6 Å². The van der Waals surface area contributed by atoms with E-state index in [4.69, 9.17) is 56.5 Å². The number of anilines is 2. The molecule has 6 fully saturated rings. The van der Waals surface area contributed by atoms with E-state index in [1.54, 1.807) is 63.9 Å². The van der Waals surface area contributed by atoms with Gasteiger partial charge in [-0.3, -0.25) is 23.5 Å². The molecule has 6 aliphatic rings. The zero-order chi connectivity index (χ0) is 63.1. The predicted molar refractivity (Wildman–Crippen MR) is 337 cm³/mol. The van der Waals surface area contributed by atoms with E-state index >= 15 is 0 Å². The first kappa shape index (κ1) is 71.0. The highest BCUT2D eigenvalue weighted by atomic mass is 35.5. The van der Waals surface area contributed by atoms with Gasteiger partial charge in [0.1, 0.15) is 70.6 Å². The van der Waals surface area contributed by atoms with E-state index in [2.05, 4.69) is 40.1 Å². The third kappa shape index (κ3) is 19.1. The highest BCUT2D eigenvalue weighted by Gasteiger charge is 2.47. The molecule has 0 aliphatic heterocycles. The minimum atomic E-state index is -4.16. The Labute approximate surface area is 523 Å². The fraction of sp³-hybridized carbons (Fsp3) is 0.783. The molecule has 28 heteroatoms. The van der Waals surface area contributed by atoms with Crippen LogP contribution in [0.25, 0.3) is 22.3 Å². The Morgan fingerprint density at radius 2 is 0.886 bits per heavy atom. The molecule has 25 nitrogen and oxygen atoms in total. The minimum absolute atomic E-state index is 0. The van der Waals surface area contributed by atoms with Crippen LogP contribution in [0, 0.1) is 16.2 Å². The number of nitrogens with one attached hydrogen (secondary N) is 2. The SMILES string of the molecule is CC(C)(Cl)C(=O)OC1CCC2(CCCC2)CC1.C[C@H](Cn1cnc2c(N)ncnc21)OCP(=O)(NC(C)(C)C(=O)OC1CCC2(CCCC2)CC1)NC(C)(C)C(=O)OC1CCC2(CCCC2)CC1.C[C@H](Cn1cnc2c(N)ncnc21)OCP(=O)(O)O.N. The highest BCUT2D eigenvalue weighted by molar-refractivity contribution is 7.59. The molecular formula is C60H100ClN13O12P2. The Hall–Kier alpha value is -4.42. The number of alkyl halides is 1. The molecule has 0 unspecified atom stereocenters. The number of aromatic nitrogens is 8. The number of nitrogens with two attached hydrogens (primary N) is 2. The number of carbonyl (C=O) groups excluding carboxylic acids is 3. The summed E-state index contributed by atoms with van der Waals surface area (Å²) in [7, 11) is -7.97. The van der Waals surface area contributed by atoms with Gasteiger partial charge in [-0.2, -0.15) is 0 Å². The van der Waals surface area contributed by atoms with E-state index in [-0.39, 0.29) is 48.4 Å². The normalized spacial score (nSPS) is 22.4. The average molecular weight is 1290 g/mol. The molecule has 6 saturated carbocycles. The van der Waals surface area contributed by atoms with E-state index in [1.807, 2.05) is 6.92 Å². The Morgan fingerprint density at radius 3 is 1.20 bits per heavy atom. The summed E-state index contributed by atoms with van der Waals surface area (Å²) in [6.07, 6.45) is 31.9. The van der Waals surface area contributed by atoms with Crippen LogP contribution in [-0.2, 0) is 60.3 Å². The number of hydrogen-bond acceptors (Lipinski definition) is 19. The van der Waals surface area contributed by atoms with Crippen molar-refractivity contribution in [3.05, 3.63) is 25.3 Å². The lowest BCUT2D eigenvalue weighted by atomic mass is 9.72. The summed E-state index contributed by atoms with van der Waals surface area (Å²) in [6, 6.07) is 0. The van der Waals surface area contributed by atoms with Gasteiger partial charge in [0.2, 0.25) is 7.44 Å². The molecule has 494 valence electrons. The summed E-state index contributed by atoms with van der Waals surface area (Å²) in [4.78, 5) is 80.3. The first-order valence-corrected chi connectivity index (χ1v) is 35.6. The smallest absolute Gasteiger partial charge is 0.350 e. The van der Waals surface area contributed by atoms with E-state index < -0.39 is 61.5 Å². The second-order valence-corrected chi connectivity index (χ2v) is 32.4. The average Bonchev–Trinajstić information content (AvgIpc) is 3.28. The predicted octanol–water partition coefficient (Wildman–Crippen LogP) is 11.0. The molecule has 0 aromatic carbocycles. The lowest BCUT2D eigenvalue weighted by Gasteiger charge is -2.40. The quantitative estimate of drug-likeness (QED) is 0.0187. The van der Waals surface area contributed by atoms with Crippen molar-refractivity contribution in [1.82, 2.24) is 55.4 Å². The topological polar surface area (TPSA) is 370 Å². The van der Waals surface area contributed by atoms with Crippen LogP contribution in [0.15, 0.2) is 25.3 Å². The highest BCUT2D eigenvalue weighted by Crippen LogP contribution is 2.52. The largest absolute Gasteiger partial charge is 0.461 e. The maximum absolute atomic E-state index is 14.9. The number of ether oxygens (including phenoxy) is 5. The molecule has 10 rings (SSSR count). The number of imidazole rings is 2. The fourth-order valence-corrected chi connectivity index (χ4v) is 17.1. The number of fused-ring (bicyclic) bond motifs is 2. The van der Waals surface area contributed by atoms with Crippen molar-refractivity contribution >= 4 is 78.5 Å². The maximum Gasteiger partial charge on any atom is 0.350 e. The van der Waals surface area contributed by atoms with Gasteiger partial charge in [0.05, 0.1) is 38.0 Å². The van der Waals surface area contributed by atoms with Gasteiger partial charge in [-0.05, 0) is 187 Å². The summed E-state index contributed by atoms with van der Waals surface area (Å²) in [5.41, 5.74) is 12.5. The zero-order valence-electron chi connectivity index (χ0n) is 53.2. The molecule has 4 aromatic heterocycles. The molecule has 4 heterocycles. The number of nitrogen functional groups attached to an aromatic ring is 2. The standard InChI is InChI=1S/C37H60N7O6P.C14H23ClO2.C9H14N5O4P.H3N/c1-26(22-44-24-41-29-30(38)39-23-40-31(29)44)48-25-51(47,42-34(2,3)32(45)49-27-10-18-36(19-11-27)14-6-7-15-36)43-35(4,5)33(46)50-28-12-20-37(21-13-28)16-8-9-17-37;1-13(2,15)12(16)17-11-5-9-14(10-6-11)7-3-4-8-14;1-6(18-5-19(15,16)17)2-14-4-13-7-8(10)11-3-12-9(7)14;/h23-24,26-28H,6-22,25H2,1-5H3,(H2,38,39,40)(H2,42,43,47);11H,3-10H2,1-2H3;3-4,6H,2,5H2,1H3,(H2,10,11,12)(H2,15,16,17);1H3/t26-;;6-;/m1.1./s1. The van der Waals surface area contributed by atoms with E-state index in [9.17, 15) is 23.5 Å². The van der Waals surface area contributed by atoms with Crippen LogP contribution in [0.5, 0.6) is 0 Å². The summed E-state index contributed by atoms with van der Waals surface area (Å²) >= 11 is 5.95. The third-order valence-corrected chi connectivity index (χ3v) is 22.0. The Morgan fingerprint density at radius 1 is 0.568 bits per heavy atom. The summed E-state index contributed by atoms with van der Waals surface area (Å²) in [5.74, 6) is -0.656. The first-order valence-electron chi connectivity index (χ1n) is 31.5. The monoisotopic (exact) mass is 1290 g/mol. The number of rotatable bonds is 20. The Kier molecular flexibility index (Phi) is 23.8. The lowest BCUT2D eigenvalue weighted by Crippen LogP contribution is -2.55. The molecule has 0 bridgehead atoms. The van der Waals surface area contributed by atoms with Gasteiger partial charge in [0, 0.05) is 0 Å². The van der Waals surface area contributed by atoms with Crippen LogP contribution in [-0.4, -0.2) is 126 Å². The van der Waals surface area contributed by atoms with Gasteiger partial charge < -0.3 is 60.2 Å². The molecule has 11 N–H and O–H groups in total. The van der Waals surface area contributed by atoms with Gasteiger partial charge in [0.25, 0.3) is 0 Å². The number of hydrogen-bond donors (Lipinski definition) is 7. The molecule has 6 aliphatic carbocycles. The molecule has 0 radical (unpaired) electrons. The molecular weight excluding hydrogens is 1190 g/mol. The third-order valence-electron chi connectivity index (χ3n) is 19.1. The Balaban J connectivity index is 0.000000242. The summed E-state index contributed by atoms with van der Waals surface area (Å²) < 4.78 is 58.0. The number of halogens is 1. The molecule has 3 spiro atoms. The van der Waals surface area contributed by atoms with Crippen molar-refractivity contribution in [3.63, 3.8) is 0 Å². The summed E-state index contributed by atoms with van der Waals surface area (Å²) in [5, 5.41) is 6.17. The molecule has 4 aromatic rings. The molecule has 0 amide bonds. The maximum atomic E-state index is 14.9. The lowest BCUT2D eigenvalue weighted by molar-refractivity contribution is -0.158. The van der Waals surface area contributed by atoms with Crippen LogP contribution < -0.4 is 27.8 Å². The van der Waals surface area contributed by atoms with Crippen LogP contribution in [0.1, 0.15) is 209 Å². The van der Waals surface area contributed by atoms with Gasteiger partial charge in [-0.25, -0.2) is 40.1 Å². The summed E-state index contributed by atoms with van der Waals surface area (Å²) in [6.45, 7) is 14.3. The van der Waals surface area contributed by atoms with Crippen molar-refractivity contribution in [2.24, 2.45) is 16.2 Å². The van der Waals surface area contributed by atoms with Crippen molar-refractivity contribution in [3.8, 4) is 0 Å². The van der Waals surface area contributed by atoms with Crippen LogP contribution in [0.4, 0.5) is 11.6 Å². The van der Waals surface area contributed by atoms with E-state index in [0.29, 0.717) is 51.7 Å². The van der Waals surface area contributed by atoms with Crippen LogP contribution in [0.3, 0.4) is 0 Å². The molecule has 2 atom stereocenters. The Bertz CT molecular complexity index is 2980. The van der Waals surface area contributed by atoms with Crippen molar-refractivity contribution < 1.29 is 57.0 Å². The van der Waals surface area contributed by atoms with Gasteiger partial charge in [0.15, 0.2) is 22.9 Å². The van der Waals surface area contributed by atoms with Gasteiger partial charge >= 0.3 is 25.5 Å².